The van der Waals surface area contributed by atoms with Gasteiger partial charge in [0.2, 0.25) is 5.91 Å². The number of aromatic nitrogens is 1. The van der Waals surface area contributed by atoms with Crippen LogP contribution in [0.15, 0.2) is 53.1 Å². The Bertz CT molecular complexity index is 959. The number of hydrogen-bond donors (Lipinski definition) is 2. The number of amides is 1. The van der Waals surface area contributed by atoms with Gasteiger partial charge in [-0.2, -0.15) is 0 Å². The fourth-order valence-corrected chi connectivity index (χ4v) is 2.75. The molecular weight excluding hydrogens is 348 g/mol. The summed E-state index contributed by atoms with van der Waals surface area (Å²) in [5.41, 5.74) is 3.33. The zero-order valence-electron chi connectivity index (χ0n) is 14.9. The number of carboxylic acids is 1. The van der Waals surface area contributed by atoms with Crippen molar-refractivity contribution in [2.45, 2.75) is 13.3 Å². The lowest BCUT2D eigenvalue weighted by Crippen LogP contribution is -2.05. The van der Waals surface area contributed by atoms with Gasteiger partial charge in [0.1, 0.15) is 17.9 Å². The van der Waals surface area contributed by atoms with E-state index in [0.717, 1.165) is 11.1 Å². The van der Waals surface area contributed by atoms with Crippen molar-refractivity contribution in [3.8, 4) is 28.1 Å². The van der Waals surface area contributed by atoms with Gasteiger partial charge in [-0.15, -0.1) is 0 Å². The second-order valence-corrected chi connectivity index (χ2v) is 5.89. The van der Waals surface area contributed by atoms with Crippen LogP contribution in [-0.2, 0) is 16.0 Å². The number of carbonyl (C=O) groups is 2. The van der Waals surface area contributed by atoms with Crippen LogP contribution in [0.1, 0.15) is 12.7 Å². The first-order valence-electron chi connectivity index (χ1n) is 8.20. The maximum Gasteiger partial charge on any atom is 0.311 e. The molecule has 0 radical (unpaired) electrons. The van der Waals surface area contributed by atoms with E-state index in [-0.39, 0.29) is 18.1 Å². The summed E-state index contributed by atoms with van der Waals surface area (Å²) < 4.78 is 10.5. The molecule has 3 rings (SSSR count). The predicted octanol–water partition coefficient (Wildman–Crippen LogP) is 3.60. The van der Waals surface area contributed by atoms with Crippen molar-refractivity contribution >= 4 is 17.6 Å². The molecule has 0 aliphatic heterocycles. The Balaban J connectivity index is 2.05. The molecule has 0 saturated carbocycles. The average molecular weight is 366 g/mol. The number of hydrogen-bond acceptors (Lipinski definition) is 5. The molecule has 0 saturated heterocycles. The van der Waals surface area contributed by atoms with Crippen molar-refractivity contribution in [3.05, 3.63) is 54.3 Å². The molecule has 138 valence electrons. The van der Waals surface area contributed by atoms with E-state index in [1.54, 1.807) is 43.5 Å². The fraction of sp³-hybridized carbons (Fsp3) is 0.150. The molecule has 1 heterocycles. The highest BCUT2D eigenvalue weighted by Gasteiger charge is 2.21. The van der Waals surface area contributed by atoms with Crippen LogP contribution in [0, 0.1) is 0 Å². The molecule has 0 aliphatic carbocycles. The maximum atomic E-state index is 11.2. The first-order chi connectivity index (χ1) is 13.0. The Hall–Kier alpha value is -3.61. The summed E-state index contributed by atoms with van der Waals surface area (Å²) in [6, 6.07) is 14.3. The number of anilines is 1. The zero-order valence-corrected chi connectivity index (χ0v) is 14.9. The Morgan fingerprint density at radius 1 is 1.07 bits per heavy atom. The monoisotopic (exact) mass is 366 g/mol. The number of nitrogens with zero attached hydrogens (tertiary/aromatic N) is 1. The van der Waals surface area contributed by atoms with Crippen molar-refractivity contribution in [1.82, 2.24) is 5.16 Å². The van der Waals surface area contributed by atoms with Gasteiger partial charge < -0.3 is 19.7 Å². The number of carbonyl (C=O) groups excluding carboxylic acids is 1. The van der Waals surface area contributed by atoms with Crippen LogP contribution < -0.4 is 10.1 Å². The largest absolute Gasteiger partial charge is 0.497 e. The van der Waals surface area contributed by atoms with Gasteiger partial charge in [-0.1, -0.05) is 29.4 Å². The lowest BCUT2D eigenvalue weighted by atomic mass is 9.98. The highest BCUT2D eigenvalue weighted by molar-refractivity contribution is 5.90. The molecule has 0 spiro atoms. The molecule has 3 aromatic rings. The van der Waals surface area contributed by atoms with Gasteiger partial charge in [0, 0.05) is 18.2 Å². The molecule has 7 heteroatoms. The van der Waals surface area contributed by atoms with E-state index in [9.17, 15) is 14.7 Å². The smallest absolute Gasteiger partial charge is 0.311 e. The van der Waals surface area contributed by atoms with Gasteiger partial charge in [0.15, 0.2) is 5.76 Å². The molecular formula is C20H18N2O5. The van der Waals surface area contributed by atoms with Crippen LogP contribution in [0.3, 0.4) is 0 Å². The van der Waals surface area contributed by atoms with E-state index in [4.69, 9.17) is 9.26 Å². The summed E-state index contributed by atoms with van der Waals surface area (Å²) in [5, 5.41) is 16.0. The maximum absolute atomic E-state index is 11.2. The van der Waals surface area contributed by atoms with Gasteiger partial charge in [-0.3, -0.25) is 9.59 Å². The Morgan fingerprint density at radius 3 is 2.26 bits per heavy atom. The summed E-state index contributed by atoms with van der Waals surface area (Å²) in [7, 11) is 1.58. The zero-order chi connectivity index (χ0) is 19.4. The van der Waals surface area contributed by atoms with E-state index in [0.29, 0.717) is 22.7 Å². The minimum absolute atomic E-state index is 0.160. The van der Waals surface area contributed by atoms with Gasteiger partial charge in [-0.05, 0) is 29.8 Å². The molecule has 0 fully saturated rings. The van der Waals surface area contributed by atoms with Crippen LogP contribution in [0.2, 0.25) is 0 Å². The number of rotatable bonds is 6. The topological polar surface area (TPSA) is 102 Å². The summed E-state index contributed by atoms with van der Waals surface area (Å²) in [4.78, 5) is 22.4. The number of methoxy groups -OCH3 is 1. The normalized spacial score (nSPS) is 10.4. The number of carboxylic acid groups (broad SMARTS) is 1. The van der Waals surface area contributed by atoms with Gasteiger partial charge in [0.25, 0.3) is 0 Å². The molecule has 2 N–H and O–H groups in total. The summed E-state index contributed by atoms with van der Waals surface area (Å²) in [6.07, 6.45) is -0.279. The number of nitrogens with one attached hydrogen (secondary N) is 1. The summed E-state index contributed by atoms with van der Waals surface area (Å²) in [6.45, 7) is 1.44. The molecule has 27 heavy (non-hydrogen) atoms. The summed E-state index contributed by atoms with van der Waals surface area (Å²) >= 11 is 0. The highest BCUT2D eigenvalue weighted by atomic mass is 16.5. The minimum atomic E-state index is -1.01. The first kappa shape index (κ1) is 18.2. The SMILES string of the molecule is COc1ccc(-c2c(-c3ccc(NC(C)=O)cc3)noc2CC(=O)O)cc1. The fourth-order valence-electron chi connectivity index (χ4n) is 2.75. The molecule has 1 aromatic heterocycles. The molecule has 7 nitrogen and oxygen atoms in total. The van der Waals surface area contributed by atoms with Crippen molar-refractivity contribution < 1.29 is 24.0 Å². The number of ether oxygens (including phenoxy) is 1. The third kappa shape index (κ3) is 4.14. The van der Waals surface area contributed by atoms with E-state index < -0.39 is 5.97 Å². The average Bonchev–Trinajstić information content (AvgIpc) is 3.04. The quantitative estimate of drug-likeness (QED) is 0.691. The molecule has 0 aliphatic rings. The van der Waals surface area contributed by atoms with Crippen LogP contribution in [0.5, 0.6) is 5.75 Å². The standard InChI is InChI=1S/C20H18N2O5/c1-12(23)21-15-7-3-14(4-8-15)20-19(17(27-22-20)11-18(24)25)13-5-9-16(26-2)10-6-13/h3-10H,11H2,1-2H3,(H,21,23)(H,24,25). The lowest BCUT2D eigenvalue weighted by molar-refractivity contribution is -0.136. The van der Waals surface area contributed by atoms with Crippen LogP contribution in [0.25, 0.3) is 22.4 Å². The molecule has 0 bridgehead atoms. The highest BCUT2D eigenvalue weighted by Crippen LogP contribution is 2.36. The van der Waals surface area contributed by atoms with Gasteiger partial charge in [0.05, 0.1) is 12.7 Å². The van der Waals surface area contributed by atoms with E-state index >= 15 is 0 Å². The number of aliphatic carboxylic acids is 1. The third-order valence-electron chi connectivity index (χ3n) is 3.93. The van der Waals surface area contributed by atoms with Crippen LogP contribution in [-0.4, -0.2) is 29.2 Å². The molecule has 0 unspecified atom stereocenters. The first-order valence-corrected chi connectivity index (χ1v) is 8.20. The lowest BCUT2D eigenvalue weighted by Gasteiger charge is -2.07. The predicted molar refractivity (Wildman–Crippen MR) is 99.6 cm³/mol. The van der Waals surface area contributed by atoms with Crippen LogP contribution in [0.4, 0.5) is 5.69 Å². The second kappa shape index (κ2) is 7.74. The second-order valence-electron chi connectivity index (χ2n) is 5.89. The molecule has 1 amide bonds. The van der Waals surface area contributed by atoms with Gasteiger partial charge in [-0.25, -0.2) is 0 Å². The molecule has 0 atom stereocenters. The van der Waals surface area contributed by atoms with E-state index in [2.05, 4.69) is 10.5 Å². The minimum Gasteiger partial charge on any atom is -0.497 e. The third-order valence-corrected chi connectivity index (χ3v) is 3.93. The van der Waals surface area contributed by atoms with Crippen molar-refractivity contribution in [2.75, 3.05) is 12.4 Å². The Morgan fingerprint density at radius 2 is 1.70 bits per heavy atom. The number of benzene rings is 2. The van der Waals surface area contributed by atoms with Crippen molar-refractivity contribution in [3.63, 3.8) is 0 Å². The van der Waals surface area contributed by atoms with E-state index in [1.165, 1.54) is 6.92 Å². The van der Waals surface area contributed by atoms with Crippen molar-refractivity contribution in [2.24, 2.45) is 0 Å². The Kier molecular flexibility index (Phi) is 5.21. The van der Waals surface area contributed by atoms with Crippen LogP contribution >= 0.6 is 0 Å². The van der Waals surface area contributed by atoms with Gasteiger partial charge >= 0.3 is 5.97 Å². The summed E-state index contributed by atoms with van der Waals surface area (Å²) in [5.74, 6) is -0.204. The molecule has 2 aromatic carbocycles. The van der Waals surface area contributed by atoms with E-state index in [1.807, 2.05) is 12.1 Å². The van der Waals surface area contributed by atoms with Crippen molar-refractivity contribution in [1.29, 1.82) is 0 Å². The Labute approximate surface area is 155 Å².